The normalized spacial score (nSPS) is 14.4. The number of carbonyl (C=O) groups excluding carboxylic acids is 2. The molecular formula is C29H32ClF3N6O4S. The topological polar surface area (TPSA) is 115 Å². The molecule has 0 bridgehead atoms. The van der Waals surface area contributed by atoms with Crippen LogP contribution in [0.2, 0.25) is 5.15 Å². The Balaban J connectivity index is 1.33. The van der Waals surface area contributed by atoms with Crippen LogP contribution in [-0.4, -0.2) is 81.2 Å². The average Bonchev–Trinajstić information content (AvgIpc) is 2.99. The standard InChI is InChI=1S/C29H32ClF3N6O4S/c1-37(2)27(40)10-11-34-19-20-4-3-5-21(16-20)28(41)35-23-6-8-24(9-7-23)44(42,43)39-14-12-38(13-15-39)26-18-22(29(31,32)33)17-25(30)36-26/h3-9,16-18,34H,10-15,19H2,1-2H3,(H,35,41). The number of benzene rings is 2. The van der Waals surface area contributed by atoms with Crippen LogP contribution in [-0.2, 0) is 27.5 Å². The van der Waals surface area contributed by atoms with Crippen molar-refractivity contribution in [1.29, 1.82) is 0 Å². The molecule has 0 unspecified atom stereocenters. The minimum atomic E-state index is -4.59. The molecule has 1 aliphatic rings. The molecule has 2 amide bonds. The van der Waals surface area contributed by atoms with Gasteiger partial charge in [-0.1, -0.05) is 23.7 Å². The van der Waals surface area contributed by atoms with Gasteiger partial charge in [-0.25, -0.2) is 13.4 Å². The number of aromatic nitrogens is 1. The zero-order valence-electron chi connectivity index (χ0n) is 24.1. The van der Waals surface area contributed by atoms with E-state index in [0.29, 0.717) is 30.8 Å². The smallest absolute Gasteiger partial charge is 0.354 e. The Morgan fingerprint density at radius 2 is 1.68 bits per heavy atom. The first kappa shape index (κ1) is 33.2. The van der Waals surface area contributed by atoms with Crippen molar-refractivity contribution in [2.24, 2.45) is 0 Å². The van der Waals surface area contributed by atoms with Gasteiger partial charge < -0.3 is 20.4 Å². The summed E-state index contributed by atoms with van der Waals surface area (Å²) in [4.78, 5) is 31.6. The van der Waals surface area contributed by atoms with Gasteiger partial charge in [0, 0.05) is 71.0 Å². The predicted molar refractivity (Wildman–Crippen MR) is 161 cm³/mol. The van der Waals surface area contributed by atoms with Gasteiger partial charge in [-0.2, -0.15) is 17.5 Å². The molecule has 1 aromatic heterocycles. The van der Waals surface area contributed by atoms with Crippen molar-refractivity contribution in [3.63, 3.8) is 0 Å². The third-order valence-electron chi connectivity index (χ3n) is 6.95. The number of amides is 2. The lowest BCUT2D eigenvalue weighted by molar-refractivity contribution is -0.137. The fourth-order valence-electron chi connectivity index (χ4n) is 4.50. The number of halogens is 4. The van der Waals surface area contributed by atoms with E-state index in [-0.39, 0.29) is 53.9 Å². The van der Waals surface area contributed by atoms with Gasteiger partial charge in [0.2, 0.25) is 15.9 Å². The summed E-state index contributed by atoms with van der Waals surface area (Å²) in [6, 6.07) is 14.4. The molecule has 1 aliphatic heterocycles. The van der Waals surface area contributed by atoms with Gasteiger partial charge >= 0.3 is 6.18 Å². The molecule has 2 heterocycles. The van der Waals surface area contributed by atoms with Gasteiger partial charge in [0.1, 0.15) is 11.0 Å². The second kappa shape index (κ2) is 13.9. The largest absolute Gasteiger partial charge is 0.416 e. The summed E-state index contributed by atoms with van der Waals surface area (Å²) in [6.45, 7) is 1.30. The van der Waals surface area contributed by atoms with Gasteiger partial charge in [0.15, 0.2) is 0 Å². The number of piperazine rings is 1. The second-order valence-electron chi connectivity index (χ2n) is 10.3. The van der Waals surface area contributed by atoms with Gasteiger partial charge in [0.05, 0.1) is 10.5 Å². The Kier molecular flexibility index (Phi) is 10.5. The molecule has 2 N–H and O–H groups in total. The highest BCUT2D eigenvalue weighted by Gasteiger charge is 2.33. The molecule has 0 radical (unpaired) electrons. The number of alkyl halides is 3. The number of nitrogens with zero attached hydrogens (tertiary/aromatic N) is 4. The van der Waals surface area contributed by atoms with Crippen LogP contribution in [0.25, 0.3) is 0 Å². The molecule has 236 valence electrons. The number of hydrogen-bond donors (Lipinski definition) is 2. The lowest BCUT2D eigenvalue weighted by Crippen LogP contribution is -2.49. The first-order valence-electron chi connectivity index (χ1n) is 13.6. The fraction of sp³-hybridized carbons (Fsp3) is 0.345. The number of rotatable bonds is 10. The van der Waals surface area contributed by atoms with Crippen molar-refractivity contribution in [2.75, 3.05) is 57.0 Å². The summed E-state index contributed by atoms with van der Waals surface area (Å²) in [5, 5.41) is 5.64. The Hall–Kier alpha value is -3.72. The maximum atomic E-state index is 13.2. The molecule has 0 aliphatic carbocycles. The second-order valence-corrected chi connectivity index (χ2v) is 12.6. The minimum Gasteiger partial charge on any atom is -0.354 e. The highest BCUT2D eigenvalue weighted by atomic mass is 35.5. The van der Waals surface area contributed by atoms with Crippen LogP contribution in [0.4, 0.5) is 24.7 Å². The van der Waals surface area contributed by atoms with Crippen LogP contribution in [0.5, 0.6) is 0 Å². The molecular weight excluding hydrogens is 621 g/mol. The molecule has 3 aromatic rings. The number of pyridine rings is 1. The molecule has 0 saturated carbocycles. The van der Waals surface area contributed by atoms with E-state index >= 15 is 0 Å². The van der Waals surface area contributed by atoms with E-state index in [1.54, 1.807) is 37.2 Å². The number of nitrogens with one attached hydrogen (secondary N) is 2. The summed E-state index contributed by atoms with van der Waals surface area (Å²) in [6.07, 6.45) is -4.23. The van der Waals surface area contributed by atoms with Crippen molar-refractivity contribution in [2.45, 2.75) is 24.0 Å². The first-order valence-corrected chi connectivity index (χ1v) is 15.5. The van der Waals surface area contributed by atoms with Crippen LogP contribution in [0.3, 0.4) is 0 Å². The quantitative estimate of drug-likeness (QED) is 0.251. The third kappa shape index (κ3) is 8.46. The van der Waals surface area contributed by atoms with Gasteiger partial charge in [-0.05, 0) is 54.1 Å². The van der Waals surface area contributed by atoms with E-state index in [1.807, 2.05) is 6.07 Å². The summed E-state index contributed by atoms with van der Waals surface area (Å²) >= 11 is 5.80. The van der Waals surface area contributed by atoms with Gasteiger partial charge in [-0.15, -0.1) is 0 Å². The summed E-state index contributed by atoms with van der Waals surface area (Å²) in [5.41, 5.74) is 0.754. The van der Waals surface area contributed by atoms with Crippen LogP contribution < -0.4 is 15.5 Å². The van der Waals surface area contributed by atoms with Crippen molar-refractivity contribution in [1.82, 2.24) is 19.5 Å². The van der Waals surface area contributed by atoms with Gasteiger partial charge in [-0.3, -0.25) is 9.59 Å². The van der Waals surface area contributed by atoms with Crippen molar-refractivity contribution < 1.29 is 31.2 Å². The summed E-state index contributed by atoms with van der Waals surface area (Å²) in [7, 11) is -0.499. The van der Waals surface area contributed by atoms with E-state index in [9.17, 15) is 31.2 Å². The van der Waals surface area contributed by atoms with E-state index in [1.165, 1.54) is 33.5 Å². The number of anilines is 2. The summed E-state index contributed by atoms with van der Waals surface area (Å²) < 4.78 is 67.3. The van der Waals surface area contributed by atoms with E-state index in [0.717, 1.165) is 17.7 Å². The van der Waals surface area contributed by atoms with E-state index in [4.69, 9.17) is 11.6 Å². The molecule has 0 spiro atoms. The summed E-state index contributed by atoms with van der Waals surface area (Å²) in [5.74, 6) is -0.325. The molecule has 0 atom stereocenters. The zero-order valence-corrected chi connectivity index (χ0v) is 25.6. The highest BCUT2D eigenvalue weighted by molar-refractivity contribution is 7.89. The Bertz CT molecular complexity index is 1600. The lowest BCUT2D eigenvalue weighted by atomic mass is 10.1. The van der Waals surface area contributed by atoms with Crippen molar-refractivity contribution in [3.05, 3.63) is 82.5 Å². The predicted octanol–water partition coefficient (Wildman–Crippen LogP) is 4.08. The van der Waals surface area contributed by atoms with Crippen LogP contribution in [0, 0.1) is 0 Å². The van der Waals surface area contributed by atoms with Crippen LogP contribution >= 0.6 is 11.6 Å². The van der Waals surface area contributed by atoms with E-state index in [2.05, 4.69) is 15.6 Å². The monoisotopic (exact) mass is 652 g/mol. The van der Waals surface area contributed by atoms with Crippen LogP contribution in [0.1, 0.15) is 27.9 Å². The highest BCUT2D eigenvalue weighted by Crippen LogP contribution is 2.33. The third-order valence-corrected chi connectivity index (χ3v) is 9.06. The molecule has 15 heteroatoms. The zero-order chi connectivity index (χ0) is 32.1. The first-order chi connectivity index (χ1) is 20.7. The molecule has 1 fully saturated rings. The lowest BCUT2D eigenvalue weighted by Gasteiger charge is -2.35. The van der Waals surface area contributed by atoms with Crippen LogP contribution in [0.15, 0.2) is 65.6 Å². The number of hydrogen-bond acceptors (Lipinski definition) is 7. The van der Waals surface area contributed by atoms with Crippen molar-refractivity contribution in [3.8, 4) is 0 Å². The average molecular weight is 653 g/mol. The molecule has 2 aromatic carbocycles. The molecule has 1 saturated heterocycles. The van der Waals surface area contributed by atoms with Crippen molar-refractivity contribution >= 4 is 44.9 Å². The minimum absolute atomic E-state index is 0.0179. The SMILES string of the molecule is CN(C)C(=O)CCNCc1cccc(C(=O)Nc2ccc(S(=O)(=O)N3CCN(c4cc(C(F)(F)F)cc(Cl)n4)CC3)cc2)c1. The Morgan fingerprint density at radius 3 is 2.32 bits per heavy atom. The number of sulfonamides is 1. The molecule has 10 nitrogen and oxygen atoms in total. The Morgan fingerprint density at radius 1 is 1.00 bits per heavy atom. The van der Waals surface area contributed by atoms with E-state index < -0.39 is 21.8 Å². The molecule has 44 heavy (non-hydrogen) atoms. The molecule has 4 rings (SSSR count). The Labute approximate surface area is 258 Å². The maximum absolute atomic E-state index is 13.2. The van der Waals surface area contributed by atoms with Gasteiger partial charge in [0.25, 0.3) is 5.91 Å². The number of carbonyl (C=O) groups is 2. The fourth-order valence-corrected chi connectivity index (χ4v) is 6.13. The maximum Gasteiger partial charge on any atom is 0.416 e.